The first-order chi connectivity index (χ1) is 13.2. The van der Waals surface area contributed by atoms with Gasteiger partial charge in [0.25, 0.3) is 0 Å². The van der Waals surface area contributed by atoms with Crippen LogP contribution in [-0.2, 0) is 12.8 Å². The van der Waals surface area contributed by atoms with Crippen molar-refractivity contribution in [3.8, 4) is 17.2 Å². The third kappa shape index (κ3) is 3.99. The molecule has 0 saturated heterocycles. The van der Waals surface area contributed by atoms with Crippen molar-refractivity contribution in [2.75, 3.05) is 0 Å². The monoisotopic (exact) mass is 376 g/mol. The molecule has 0 fully saturated rings. The van der Waals surface area contributed by atoms with Crippen molar-refractivity contribution in [1.29, 1.82) is 0 Å². The maximum Gasteiger partial charge on any atom is 0.122 e. The van der Waals surface area contributed by atoms with E-state index in [1.807, 2.05) is 52.8 Å². The quantitative estimate of drug-likeness (QED) is 0.561. The first-order valence-electron chi connectivity index (χ1n) is 9.55. The fraction of sp³-hybridized carbons (Fsp3) is 0.280. The molecule has 0 radical (unpaired) electrons. The van der Waals surface area contributed by atoms with Gasteiger partial charge in [0.1, 0.15) is 17.2 Å². The lowest BCUT2D eigenvalue weighted by Gasteiger charge is -2.15. The second-order valence-electron chi connectivity index (χ2n) is 7.90. The Kier molecular flexibility index (Phi) is 5.37. The van der Waals surface area contributed by atoms with Gasteiger partial charge in [-0.3, -0.25) is 0 Å². The van der Waals surface area contributed by atoms with Crippen molar-refractivity contribution in [2.45, 2.75) is 47.5 Å². The minimum atomic E-state index is 0.300. The van der Waals surface area contributed by atoms with Gasteiger partial charge in [0, 0.05) is 6.42 Å². The molecule has 0 atom stereocenters. The van der Waals surface area contributed by atoms with Crippen LogP contribution in [0.4, 0.5) is 0 Å². The number of benzene rings is 3. The van der Waals surface area contributed by atoms with Gasteiger partial charge in [0.2, 0.25) is 0 Å². The van der Waals surface area contributed by atoms with E-state index >= 15 is 0 Å². The summed E-state index contributed by atoms with van der Waals surface area (Å²) in [6.45, 7) is 9.69. The highest BCUT2D eigenvalue weighted by Gasteiger charge is 2.12. The predicted molar refractivity (Wildman–Crippen MR) is 114 cm³/mol. The van der Waals surface area contributed by atoms with Crippen molar-refractivity contribution in [1.82, 2.24) is 0 Å². The number of rotatable bonds is 4. The van der Waals surface area contributed by atoms with Gasteiger partial charge >= 0.3 is 0 Å². The third-order valence-electron chi connectivity index (χ3n) is 5.52. The summed E-state index contributed by atoms with van der Waals surface area (Å²) in [5.41, 5.74) is 8.91. The van der Waals surface area contributed by atoms with E-state index in [1.165, 1.54) is 5.56 Å². The van der Waals surface area contributed by atoms with Gasteiger partial charge < -0.3 is 15.3 Å². The highest BCUT2D eigenvalue weighted by atomic mass is 16.3. The van der Waals surface area contributed by atoms with E-state index in [-0.39, 0.29) is 0 Å². The normalized spacial score (nSPS) is 11.0. The summed E-state index contributed by atoms with van der Waals surface area (Å²) < 4.78 is 0. The van der Waals surface area contributed by atoms with Gasteiger partial charge in [0.05, 0.1) is 0 Å². The van der Waals surface area contributed by atoms with Crippen molar-refractivity contribution in [3.63, 3.8) is 0 Å². The van der Waals surface area contributed by atoms with E-state index in [4.69, 9.17) is 0 Å². The van der Waals surface area contributed by atoms with Crippen LogP contribution in [0.25, 0.3) is 0 Å². The van der Waals surface area contributed by atoms with Crippen LogP contribution in [0.15, 0.2) is 36.4 Å². The van der Waals surface area contributed by atoms with Crippen molar-refractivity contribution >= 4 is 0 Å². The number of phenols is 3. The number of hydrogen-bond donors (Lipinski definition) is 3. The standard InChI is InChI=1S/C25H28O3/c1-14-9-23(26)16(3)7-20(14)11-19-6-18(5)25(28)22(12-19)13-21-8-17(4)24(27)10-15(21)2/h6-10,12,26-28H,11,13H2,1-5H3. The zero-order chi connectivity index (χ0) is 20.6. The Morgan fingerprint density at radius 2 is 1.00 bits per heavy atom. The van der Waals surface area contributed by atoms with Crippen LogP contribution in [0, 0.1) is 34.6 Å². The average molecular weight is 376 g/mol. The van der Waals surface area contributed by atoms with Gasteiger partial charge in [-0.15, -0.1) is 0 Å². The van der Waals surface area contributed by atoms with Crippen LogP contribution in [0.2, 0.25) is 0 Å². The highest BCUT2D eigenvalue weighted by Crippen LogP contribution is 2.31. The number of aromatic hydroxyl groups is 3. The summed E-state index contributed by atoms with van der Waals surface area (Å²) in [6.07, 6.45) is 1.36. The molecule has 3 rings (SSSR count). The fourth-order valence-corrected chi connectivity index (χ4v) is 3.70. The molecule has 0 unspecified atom stereocenters. The number of hydrogen-bond acceptors (Lipinski definition) is 3. The molecule has 0 amide bonds. The molecule has 0 aromatic heterocycles. The zero-order valence-corrected chi connectivity index (χ0v) is 17.2. The van der Waals surface area contributed by atoms with Crippen molar-refractivity contribution < 1.29 is 15.3 Å². The Hall–Kier alpha value is -2.94. The Bertz CT molecular complexity index is 1050. The van der Waals surface area contributed by atoms with Crippen LogP contribution in [-0.4, -0.2) is 15.3 Å². The molecule has 3 aromatic rings. The van der Waals surface area contributed by atoms with Crippen LogP contribution in [0.5, 0.6) is 17.2 Å². The molecule has 0 aliphatic carbocycles. The maximum absolute atomic E-state index is 10.6. The summed E-state index contributed by atoms with van der Waals surface area (Å²) in [4.78, 5) is 0. The Balaban J connectivity index is 1.98. The Morgan fingerprint density at radius 1 is 0.500 bits per heavy atom. The molecule has 0 bridgehead atoms. The summed E-state index contributed by atoms with van der Waals surface area (Å²) in [6, 6.07) is 11.7. The zero-order valence-electron chi connectivity index (χ0n) is 17.2. The highest BCUT2D eigenvalue weighted by molar-refractivity contribution is 5.50. The molecule has 0 aliphatic heterocycles. The molecule has 3 N–H and O–H groups in total. The molecule has 3 nitrogen and oxygen atoms in total. The molecule has 0 saturated carbocycles. The minimum Gasteiger partial charge on any atom is -0.508 e. The van der Waals surface area contributed by atoms with Gasteiger partial charge in [0.15, 0.2) is 0 Å². The van der Waals surface area contributed by atoms with Gasteiger partial charge in [-0.05, 0) is 103 Å². The van der Waals surface area contributed by atoms with E-state index < -0.39 is 0 Å². The molecular formula is C25H28O3. The number of phenolic OH excluding ortho intramolecular Hbond substituents is 3. The van der Waals surface area contributed by atoms with Crippen LogP contribution < -0.4 is 0 Å². The molecule has 0 aliphatic rings. The third-order valence-corrected chi connectivity index (χ3v) is 5.52. The van der Waals surface area contributed by atoms with E-state index in [2.05, 4.69) is 6.07 Å². The van der Waals surface area contributed by atoms with E-state index in [0.717, 1.165) is 50.9 Å². The second-order valence-corrected chi connectivity index (χ2v) is 7.90. The Morgan fingerprint density at radius 3 is 1.54 bits per heavy atom. The largest absolute Gasteiger partial charge is 0.508 e. The summed E-state index contributed by atoms with van der Waals surface area (Å²) in [5.74, 6) is 0.947. The molecule has 3 aromatic carbocycles. The SMILES string of the molecule is Cc1cc(Cc2cc(C)c(O)c(Cc3cc(C)c(O)cc3C)c2)c(C)cc1O. The van der Waals surface area contributed by atoms with Crippen LogP contribution in [0.3, 0.4) is 0 Å². The average Bonchev–Trinajstić information content (AvgIpc) is 2.61. The predicted octanol–water partition coefficient (Wildman–Crippen LogP) is 5.53. The molecule has 0 heterocycles. The summed E-state index contributed by atoms with van der Waals surface area (Å²) in [5, 5.41) is 30.4. The minimum absolute atomic E-state index is 0.300. The lowest BCUT2D eigenvalue weighted by molar-refractivity contribution is 0.464. The smallest absolute Gasteiger partial charge is 0.122 e. The lowest BCUT2D eigenvalue weighted by atomic mass is 9.92. The topological polar surface area (TPSA) is 60.7 Å². The van der Waals surface area contributed by atoms with E-state index in [1.54, 1.807) is 12.1 Å². The summed E-state index contributed by atoms with van der Waals surface area (Å²) >= 11 is 0. The van der Waals surface area contributed by atoms with E-state index in [9.17, 15) is 15.3 Å². The van der Waals surface area contributed by atoms with E-state index in [0.29, 0.717) is 23.7 Å². The fourth-order valence-electron chi connectivity index (χ4n) is 3.70. The maximum atomic E-state index is 10.6. The van der Waals surface area contributed by atoms with Crippen LogP contribution in [0.1, 0.15) is 50.1 Å². The molecular weight excluding hydrogens is 348 g/mol. The lowest BCUT2D eigenvalue weighted by Crippen LogP contribution is -1.99. The van der Waals surface area contributed by atoms with Crippen LogP contribution >= 0.6 is 0 Å². The van der Waals surface area contributed by atoms with Crippen molar-refractivity contribution in [3.05, 3.63) is 86.5 Å². The van der Waals surface area contributed by atoms with Gasteiger partial charge in [-0.1, -0.05) is 24.3 Å². The molecule has 28 heavy (non-hydrogen) atoms. The number of aryl methyl sites for hydroxylation is 5. The molecule has 146 valence electrons. The van der Waals surface area contributed by atoms with Gasteiger partial charge in [-0.25, -0.2) is 0 Å². The molecule has 0 spiro atoms. The molecule has 3 heteroatoms. The van der Waals surface area contributed by atoms with Crippen molar-refractivity contribution in [2.24, 2.45) is 0 Å². The second kappa shape index (κ2) is 7.59. The summed E-state index contributed by atoms with van der Waals surface area (Å²) in [7, 11) is 0. The first-order valence-corrected chi connectivity index (χ1v) is 9.55. The van der Waals surface area contributed by atoms with Gasteiger partial charge in [-0.2, -0.15) is 0 Å². The first kappa shape index (κ1) is 19.8. The Labute approximate surface area is 166 Å².